The summed E-state index contributed by atoms with van der Waals surface area (Å²) in [6, 6.07) is 4.93. The molecule has 0 aliphatic carbocycles. The van der Waals surface area contributed by atoms with E-state index in [4.69, 9.17) is 0 Å². The molecular formula is C14H17FN2O. The van der Waals surface area contributed by atoms with E-state index in [0.29, 0.717) is 12.0 Å². The van der Waals surface area contributed by atoms with Crippen molar-refractivity contribution in [2.45, 2.75) is 25.8 Å². The van der Waals surface area contributed by atoms with Gasteiger partial charge in [0.1, 0.15) is 11.9 Å². The summed E-state index contributed by atoms with van der Waals surface area (Å²) in [5, 5.41) is 0. The fourth-order valence-corrected chi connectivity index (χ4v) is 3.05. The Morgan fingerprint density at radius 2 is 2.22 bits per heavy atom. The Morgan fingerprint density at radius 1 is 1.39 bits per heavy atom. The van der Waals surface area contributed by atoms with Crippen LogP contribution in [0.4, 0.5) is 10.1 Å². The molecule has 4 heteroatoms. The van der Waals surface area contributed by atoms with E-state index in [-0.39, 0.29) is 17.8 Å². The minimum Gasteiger partial charge on any atom is -0.359 e. The van der Waals surface area contributed by atoms with Gasteiger partial charge in [-0.1, -0.05) is 6.07 Å². The maximum Gasteiger partial charge on any atom is 0.245 e. The molecule has 18 heavy (non-hydrogen) atoms. The number of likely N-dealkylation sites (N-methyl/N-ethyl adjacent to an activating group) is 1. The Balaban J connectivity index is 1.99. The molecule has 1 fully saturated rings. The van der Waals surface area contributed by atoms with Gasteiger partial charge in [-0.3, -0.25) is 4.79 Å². The van der Waals surface area contributed by atoms with Crippen LogP contribution in [0.5, 0.6) is 0 Å². The van der Waals surface area contributed by atoms with Crippen LogP contribution in [0.3, 0.4) is 0 Å². The summed E-state index contributed by atoms with van der Waals surface area (Å²) >= 11 is 0. The lowest BCUT2D eigenvalue weighted by atomic mass is 10.1. The van der Waals surface area contributed by atoms with E-state index in [1.54, 1.807) is 6.07 Å². The molecule has 1 atom stereocenters. The Labute approximate surface area is 106 Å². The maximum absolute atomic E-state index is 13.8. The predicted octanol–water partition coefficient (Wildman–Crippen LogP) is 1.81. The summed E-state index contributed by atoms with van der Waals surface area (Å²) in [7, 11) is 0. The smallest absolute Gasteiger partial charge is 0.245 e. The summed E-state index contributed by atoms with van der Waals surface area (Å²) in [6.07, 6.45) is 1.46. The van der Waals surface area contributed by atoms with Crippen molar-refractivity contribution >= 4 is 11.6 Å². The zero-order valence-corrected chi connectivity index (χ0v) is 10.5. The van der Waals surface area contributed by atoms with Crippen molar-refractivity contribution < 1.29 is 9.18 Å². The fraction of sp³-hybridized carbons (Fsp3) is 0.500. The Bertz CT molecular complexity index is 489. The quantitative estimate of drug-likeness (QED) is 0.756. The van der Waals surface area contributed by atoms with Gasteiger partial charge in [-0.25, -0.2) is 4.39 Å². The Kier molecular flexibility index (Phi) is 2.73. The first-order valence-corrected chi connectivity index (χ1v) is 6.55. The first-order valence-electron chi connectivity index (χ1n) is 6.55. The van der Waals surface area contributed by atoms with Gasteiger partial charge >= 0.3 is 0 Å². The highest BCUT2D eigenvalue weighted by Crippen LogP contribution is 2.35. The van der Waals surface area contributed by atoms with Crippen LogP contribution in [0.1, 0.15) is 18.9 Å². The lowest BCUT2D eigenvalue weighted by molar-refractivity contribution is -0.131. The van der Waals surface area contributed by atoms with E-state index in [2.05, 4.69) is 4.90 Å². The molecule has 1 aromatic carbocycles. The van der Waals surface area contributed by atoms with Crippen LogP contribution in [-0.4, -0.2) is 36.5 Å². The van der Waals surface area contributed by atoms with Gasteiger partial charge in [-0.2, -0.15) is 0 Å². The molecule has 1 saturated heterocycles. The second-order valence-electron chi connectivity index (χ2n) is 4.92. The monoisotopic (exact) mass is 248 g/mol. The number of nitrogens with zero attached hydrogens (tertiary/aromatic N) is 2. The highest BCUT2D eigenvalue weighted by atomic mass is 19.1. The van der Waals surface area contributed by atoms with Gasteiger partial charge in [0.15, 0.2) is 0 Å². The van der Waals surface area contributed by atoms with E-state index in [9.17, 15) is 9.18 Å². The maximum atomic E-state index is 13.8. The number of hydrogen-bond acceptors (Lipinski definition) is 2. The molecule has 96 valence electrons. The third-order valence-electron chi connectivity index (χ3n) is 3.98. The number of amides is 1. The molecule has 0 radical (unpaired) electrons. The standard InChI is InChI=1S/C14H17FN2O/c1-2-16-7-4-8-17-12-6-3-5-11(15)10(12)9-13(17)14(16)18/h3,5-6,13H,2,4,7-9H2,1H3. The van der Waals surface area contributed by atoms with Crippen LogP contribution >= 0.6 is 0 Å². The number of rotatable bonds is 1. The number of hydrogen-bond donors (Lipinski definition) is 0. The van der Waals surface area contributed by atoms with Crippen LogP contribution in [-0.2, 0) is 11.2 Å². The zero-order valence-electron chi connectivity index (χ0n) is 10.5. The van der Waals surface area contributed by atoms with Crippen molar-refractivity contribution in [1.29, 1.82) is 0 Å². The summed E-state index contributed by atoms with van der Waals surface area (Å²) in [5.74, 6) is -0.0398. The van der Waals surface area contributed by atoms with Crippen molar-refractivity contribution in [3.63, 3.8) is 0 Å². The highest BCUT2D eigenvalue weighted by Gasteiger charge is 2.39. The predicted molar refractivity (Wildman–Crippen MR) is 68.1 cm³/mol. The van der Waals surface area contributed by atoms with Gasteiger partial charge in [0, 0.05) is 37.3 Å². The molecule has 2 aliphatic rings. The first kappa shape index (κ1) is 11.5. The molecule has 1 amide bonds. The summed E-state index contributed by atoms with van der Waals surface area (Å²) in [4.78, 5) is 16.4. The molecule has 0 spiro atoms. The molecule has 3 nitrogen and oxygen atoms in total. The van der Waals surface area contributed by atoms with Crippen molar-refractivity contribution in [3.05, 3.63) is 29.6 Å². The average molecular weight is 248 g/mol. The van der Waals surface area contributed by atoms with Crippen LogP contribution in [0.25, 0.3) is 0 Å². The molecule has 0 saturated carbocycles. The van der Waals surface area contributed by atoms with Gasteiger partial charge in [-0.15, -0.1) is 0 Å². The number of carbonyl (C=O) groups is 1. The molecular weight excluding hydrogens is 231 g/mol. The zero-order chi connectivity index (χ0) is 12.7. The molecule has 1 aromatic rings. The SMILES string of the molecule is CCN1CCCN2c3cccc(F)c3CC2C1=O. The summed E-state index contributed by atoms with van der Waals surface area (Å²) < 4.78 is 13.8. The number of anilines is 1. The van der Waals surface area contributed by atoms with Gasteiger partial charge in [0.2, 0.25) is 5.91 Å². The van der Waals surface area contributed by atoms with E-state index >= 15 is 0 Å². The van der Waals surface area contributed by atoms with Crippen LogP contribution in [0.2, 0.25) is 0 Å². The van der Waals surface area contributed by atoms with Gasteiger partial charge < -0.3 is 9.80 Å². The molecule has 0 bridgehead atoms. The molecule has 1 unspecified atom stereocenters. The second-order valence-corrected chi connectivity index (χ2v) is 4.92. The number of fused-ring (bicyclic) bond motifs is 3. The minimum absolute atomic E-state index is 0.144. The van der Waals surface area contributed by atoms with E-state index in [1.165, 1.54) is 6.07 Å². The Hall–Kier alpha value is -1.58. The first-order chi connectivity index (χ1) is 8.72. The van der Waals surface area contributed by atoms with Crippen molar-refractivity contribution in [3.8, 4) is 0 Å². The minimum atomic E-state index is -0.195. The fourth-order valence-electron chi connectivity index (χ4n) is 3.05. The third kappa shape index (κ3) is 1.59. The molecule has 2 aliphatic heterocycles. The van der Waals surface area contributed by atoms with Gasteiger partial charge in [0.25, 0.3) is 0 Å². The Morgan fingerprint density at radius 3 is 3.00 bits per heavy atom. The molecule has 3 rings (SSSR count). The highest BCUT2D eigenvalue weighted by molar-refractivity contribution is 5.88. The lowest BCUT2D eigenvalue weighted by Crippen LogP contribution is -2.44. The largest absolute Gasteiger partial charge is 0.359 e. The second kappa shape index (κ2) is 4.26. The third-order valence-corrected chi connectivity index (χ3v) is 3.98. The van der Waals surface area contributed by atoms with Crippen LogP contribution in [0, 0.1) is 5.82 Å². The van der Waals surface area contributed by atoms with Crippen molar-refractivity contribution in [1.82, 2.24) is 4.90 Å². The number of halogens is 1. The van der Waals surface area contributed by atoms with Crippen molar-refractivity contribution in [2.24, 2.45) is 0 Å². The van der Waals surface area contributed by atoms with Crippen molar-refractivity contribution in [2.75, 3.05) is 24.5 Å². The van der Waals surface area contributed by atoms with Crippen LogP contribution < -0.4 is 4.90 Å². The van der Waals surface area contributed by atoms with E-state index in [1.807, 2.05) is 17.9 Å². The summed E-state index contributed by atoms with van der Waals surface area (Å²) in [5.41, 5.74) is 1.61. The molecule has 2 heterocycles. The lowest BCUT2D eigenvalue weighted by Gasteiger charge is -2.25. The normalized spacial score (nSPS) is 22.8. The topological polar surface area (TPSA) is 23.6 Å². The van der Waals surface area contributed by atoms with E-state index < -0.39 is 0 Å². The average Bonchev–Trinajstić information content (AvgIpc) is 2.67. The summed E-state index contributed by atoms with van der Waals surface area (Å²) in [6.45, 7) is 4.38. The molecule has 0 aromatic heterocycles. The number of benzene rings is 1. The van der Waals surface area contributed by atoms with Gasteiger partial charge in [0.05, 0.1) is 0 Å². The van der Waals surface area contributed by atoms with E-state index in [0.717, 1.165) is 31.7 Å². The number of carbonyl (C=O) groups excluding carboxylic acids is 1. The van der Waals surface area contributed by atoms with Gasteiger partial charge in [-0.05, 0) is 25.5 Å². The van der Waals surface area contributed by atoms with Crippen LogP contribution in [0.15, 0.2) is 18.2 Å². The molecule has 0 N–H and O–H groups in total.